The minimum absolute atomic E-state index is 0.0469. The zero-order valence-corrected chi connectivity index (χ0v) is 14.3. The van der Waals surface area contributed by atoms with Crippen molar-refractivity contribution in [2.45, 2.75) is 25.3 Å². The number of amides is 1. The van der Waals surface area contributed by atoms with Gasteiger partial charge in [0.15, 0.2) is 5.65 Å². The SMILES string of the molecule is C[C@H]1CN(C(=O)CC#N)[C@]12CCN(c1ncnc3c1ccn3S)C2. The summed E-state index contributed by atoms with van der Waals surface area (Å²) in [5.74, 6) is 1.25. The third-order valence-corrected chi connectivity index (χ3v) is 5.79. The van der Waals surface area contributed by atoms with Crippen LogP contribution >= 0.6 is 12.8 Å². The fourth-order valence-corrected chi connectivity index (χ4v) is 4.32. The van der Waals surface area contributed by atoms with Crippen molar-refractivity contribution < 1.29 is 4.79 Å². The summed E-state index contributed by atoms with van der Waals surface area (Å²) in [6.07, 6.45) is 4.26. The molecule has 4 rings (SSSR count). The Bertz CT molecular complexity index is 858. The van der Waals surface area contributed by atoms with Gasteiger partial charge in [0.1, 0.15) is 18.6 Å². The lowest BCUT2D eigenvalue weighted by Crippen LogP contribution is -2.69. The molecule has 0 saturated carbocycles. The van der Waals surface area contributed by atoms with Gasteiger partial charge in [-0.2, -0.15) is 5.26 Å². The third-order valence-electron chi connectivity index (χ3n) is 5.46. The maximum absolute atomic E-state index is 12.2. The van der Waals surface area contributed by atoms with Crippen LogP contribution in [0.15, 0.2) is 18.6 Å². The standard InChI is InChI=1S/C16H18N6OS/c1-11-8-21(13(23)2-5-17)16(11)4-7-20(9-16)14-12-3-6-22(24)15(12)19-10-18-14/h3,6,10-11,24H,2,4,7-9H2,1H3/t11-,16-/m0/s1. The summed E-state index contributed by atoms with van der Waals surface area (Å²) in [6, 6.07) is 3.93. The number of thiol groups is 1. The zero-order chi connectivity index (χ0) is 16.9. The smallest absolute Gasteiger partial charge is 0.237 e. The van der Waals surface area contributed by atoms with E-state index >= 15 is 0 Å². The van der Waals surface area contributed by atoms with Crippen LogP contribution in [0.5, 0.6) is 0 Å². The first-order valence-corrected chi connectivity index (χ1v) is 8.40. The Morgan fingerprint density at radius 3 is 3.12 bits per heavy atom. The number of rotatable bonds is 2. The van der Waals surface area contributed by atoms with Gasteiger partial charge in [-0.1, -0.05) is 19.7 Å². The second-order valence-corrected chi connectivity index (χ2v) is 7.04. The molecule has 4 heterocycles. The summed E-state index contributed by atoms with van der Waals surface area (Å²) in [7, 11) is 0. The van der Waals surface area contributed by atoms with Gasteiger partial charge in [0.05, 0.1) is 17.0 Å². The molecule has 1 amide bonds. The highest BCUT2D eigenvalue weighted by Gasteiger charge is 2.56. The first-order chi connectivity index (χ1) is 11.6. The van der Waals surface area contributed by atoms with Crippen molar-refractivity contribution in [1.82, 2.24) is 18.8 Å². The van der Waals surface area contributed by atoms with E-state index in [1.807, 2.05) is 23.2 Å². The number of carbonyl (C=O) groups excluding carboxylic acids is 1. The number of nitriles is 1. The lowest BCUT2D eigenvalue weighted by Gasteiger charge is -2.55. The average Bonchev–Trinajstić information content (AvgIpc) is 3.19. The molecule has 0 aromatic carbocycles. The van der Waals surface area contributed by atoms with Gasteiger partial charge in [0.25, 0.3) is 0 Å². The number of aromatic nitrogens is 3. The van der Waals surface area contributed by atoms with Gasteiger partial charge in [-0.25, -0.2) is 9.97 Å². The lowest BCUT2D eigenvalue weighted by atomic mass is 9.74. The van der Waals surface area contributed by atoms with E-state index < -0.39 is 0 Å². The molecule has 2 saturated heterocycles. The fraction of sp³-hybridized carbons (Fsp3) is 0.500. The highest BCUT2D eigenvalue weighted by molar-refractivity contribution is 7.78. The second kappa shape index (κ2) is 5.38. The van der Waals surface area contributed by atoms with Crippen molar-refractivity contribution in [1.29, 1.82) is 5.26 Å². The molecule has 24 heavy (non-hydrogen) atoms. The molecule has 2 aromatic rings. The molecular weight excluding hydrogens is 324 g/mol. The second-order valence-electron chi connectivity index (χ2n) is 6.61. The summed E-state index contributed by atoms with van der Waals surface area (Å²) >= 11 is 4.36. The summed E-state index contributed by atoms with van der Waals surface area (Å²) in [5, 5.41) is 9.78. The van der Waals surface area contributed by atoms with Crippen molar-refractivity contribution in [3.8, 4) is 6.07 Å². The van der Waals surface area contributed by atoms with Gasteiger partial charge < -0.3 is 9.80 Å². The van der Waals surface area contributed by atoms with E-state index in [1.54, 1.807) is 10.3 Å². The summed E-state index contributed by atoms with van der Waals surface area (Å²) in [5.41, 5.74) is 0.609. The largest absolute Gasteiger partial charge is 0.353 e. The maximum atomic E-state index is 12.2. The Morgan fingerprint density at radius 2 is 2.38 bits per heavy atom. The number of carbonyl (C=O) groups is 1. The lowest BCUT2D eigenvalue weighted by molar-refractivity contribution is -0.152. The van der Waals surface area contributed by atoms with Crippen LogP contribution in [0.1, 0.15) is 19.8 Å². The molecule has 7 nitrogen and oxygen atoms in total. The number of hydrogen-bond acceptors (Lipinski definition) is 6. The summed E-state index contributed by atoms with van der Waals surface area (Å²) in [4.78, 5) is 25.1. The van der Waals surface area contributed by atoms with Gasteiger partial charge in [-0.05, 0) is 18.4 Å². The van der Waals surface area contributed by atoms with Crippen molar-refractivity contribution in [2.24, 2.45) is 5.92 Å². The maximum Gasteiger partial charge on any atom is 0.237 e. The van der Waals surface area contributed by atoms with E-state index in [4.69, 9.17) is 5.26 Å². The van der Waals surface area contributed by atoms with Gasteiger partial charge in [0.2, 0.25) is 5.91 Å². The van der Waals surface area contributed by atoms with Crippen LogP contribution in [0.3, 0.4) is 0 Å². The van der Waals surface area contributed by atoms with Crippen LogP contribution < -0.4 is 4.90 Å². The van der Waals surface area contributed by atoms with Crippen molar-refractivity contribution in [2.75, 3.05) is 24.5 Å². The van der Waals surface area contributed by atoms with E-state index in [-0.39, 0.29) is 17.9 Å². The Balaban J connectivity index is 1.64. The Morgan fingerprint density at radius 1 is 1.54 bits per heavy atom. The van der Waals surface area contributed by atoms with Crippen molar-refractivity contribution in [3.63, 3.8) is 0 Å². The van der Waals surface area contributed by atoms with E-state index in [0.717, 1.165) is 42.9 Å². The Kier molecular flexibility index (Phi) is 3.42. The first kappa shape index (κ1) is 15.3. The van der Waals surface area contributed by atoms with Crippen molar-refractivity contribution in [3.05, 3.63) is 18.6 Å². The van der Waals surface area contributed by atoms with E-state index in [1.165, 1.54) is 0 Å². The van der Waals surface area contributed by atoms with E-state index in [2.05, 4.69) is 34.6 Å². The highest BCUT2D eigenvalue weighted by atomic mass is 32.1. The molecule has 2 aliphatic rings. The molecule has 2 aliphatic heterocycles. The molecule has 0 aliphatic carbocycles. The number of anilines is 1. The fourth-order valence-electron chi connectivity index (χ4n) is 4.09. The minimum Gasteiger partial charge on any atom is -0.353 e. The molecule has 2 aromatic heterocycles. The number of hydrogen-bond donors (Lipinski definition) is 1. The molecule has 0 unspecified atom stereocenters. The summed E-state index contributed by atoms with van der Waals surface area (Å²) in [6.45, 7) is 4.50. The van der Waals surface area contributed by atoms with Gasteiger partial charge >= 0.3 is 0 Å². The quantitative estimate of drug-likeness (QED) is 0.836. The predicted octanol–water partition coefficient (Wildman–Crippen LogP) is 1.47. The zero-order valence-electron chi connectivity index (χ0n) is 13.4. The Labute approximate surface area is 145 Å². The Hall–Kier alpha value is -2.27. The molecule has 2 fully saturated rings. The summed E-state index contributed by atoms with van der Waals surface area (Å²) < 4.78 is 1.68. The van der Waals surface area contributed by atoms with Crippen LogP contribution in [0.2, 0.25) is 0 Å². The molecular formula is C16H18N6OS. The number of fused-ring (bicyclic) bond motifs is 1. The topological polar surface area (TPSA) is 78.1 Å². The minimum atomic E-state index is -0.172. The molecule has 2 atom stereocenters. The number of likely N-dealkylation sites (tertiary alicyclic amines) is 1. The molecule has 124 valence electrons. The molecule has 8 heteroatoms. The van der Waals surface area contributed by atoms with Crippen LogP contribution in [-0.4, -0.2) is 49.9 Å². The first-order valence-electron chi connectivity index (χ1n) is 8.00. The van der Waals surface area contributed by atoms with Crippen LogP contribution in [-0.2, 0) is 4.79 Å². The van der Waals surface area contributed by atoms with E-state index in [9.17, 15) is 4.79 Å². The predicted molar refractivity (Wildman–Crippen MR) is 92.6 cm³/mol. The number of nitrogens with zero attached hydrogens (tertiary/aromatic N) is 6. The molecule has 0 radical (unpaired) electrons. The average molecular weight is 342 g/mol. The monoisotopic (exact) mass is 342 g/mol. The molecule has 1 spiro atoms. The van der Waals surface area contributed by atoms with Crippen LogP contribution in [0.25, 0.3) is 11.0 Å². The van der Waals surface area contributed by atoms with Crippen LogP contribution in [0.4, 0.5) is 5.82 Å². The van der Waals surface area contributed by atoms with E-state index in [0.29, 0.717) is 5.92 Å². The molecule has 0 bridgehead atoms. The van der Waals surface area contributed by atoms with Crippen LogP contribution in [0, 0.1) is 17.2 Å². The van der Waals surface area contributed by atoms with Gasteiger partial charge in [-0.3, -0.25) is 8.77 Å². The normalized spacial score (nSPS) is 26.0. The highest BCUT2D eigenvalue weighted by Crippen LogP contribution is 2.45. The molecule has 0 N–H and O–H groups in total. The van der Waals surface area contributed by atoms with Gasteiger partial charge in [0, 0.05) is 25.8 Å². The third kappa shape index (κ3) is 2.01. The van der Waals surface area contributed by atoms with Gasteiger partial charge in [-0.15, -0.1) is 0 Å². The van der Waals surface area contributed by atoms with Crippen molar-refractivity contribution >= 4 is 35.6 Å².